The Morgan fingerprint density at radius 2 is 2.05 bits per heavy atom. The summed E-state index contributed by atoms with van der Waals surface area (Å²) < 4.78 is 1.60. The van der Waals surface area contributed by atoms with E-state index in [1.807, 2.05) is 0 Å². The third kappa shape index (κ3) is 3.93. The minimum atomic E-state index is -0.240. The highest BCUT2D eigenvalue weighted by molar-refractivity contribution is 6.39. The molecule has 2 rings (SSSR count). The summed E-state index contributed by atoms with van der Waals surface area (Å²) in [5.74, 6) is 0.381. The van der Waals surface area contributed by atoms with Crippen molar-refractivity contribution < 1.29 is 4.79 Å². The molecule has 6 nitrogen and oxygen atoms in total. The number of halogens is 2. The smallest absolute Gasteiger partial charge is 0.238 e. The minimum absolute atomic E-state index is 0.111. The number of aryl methyl sites for hydroxylation is 1. The first kappa shape index (κ1) is 14.8. The molecule has 0 aliphatic rings. The Kier molecular flexibility index (Phi) is 4.94. The van der Waals surface area contributed by atoms with E-state index in [0.717, 1.165) is 0 Å². The van der Waals surface area contributed by atoms with Gasteiger partial charge in [-0.1, -0.05) is 29.3 Å². The summed E-state index contributed by atoms with van der Waals surface area (Å²) in [4.78, 5) is 15.8. The fourth-order valence-electron chi connectivity index (χ4n) is 1.55. The highest BCUT2D eigenvalue weighted by Gasteiger charge is 2.09. The molecule has 106 valence electrons. The number of para-hydroxylation sites is 1. The van der Waals surface area contributed by atoms with Gasteiger partial charge < -0.3 is 10.6 Å². The lowest BCUT2D eigenvalue weighted by Crippen LogP contribution is -2.28. The zero-order chi connectivity index (χ0) is 14.5. The quantitative estimate of drug-likeness (QED) is 0.883. The number of rotatable bonds is 5. The van der Waals surface area contributed by atoms with Gasteiger partial charge in [0.1, 0.15) is 6.33 Å². The van der Waals surface area contributed by atoms with Crippen LogP contribution < -0.4 is 10.6 Å². The van der Waals surface area contributed by atoms with Gasteiger partial charge in [-0.05, 0) is 12.1 Å². The summed E-state index contributed by atoms with van der Waals surface area (Å²) in [6, 6.07) is 5.04. The summed E-state index contributed by atoms with van der Waals surface area (Å²) in [6.07, 6.45) is 1.60. The van der Waals surface area contributed by atoms with E-state index in [-0.39, 0.29) is 12.5 Å². The van der Waals surface area contributed by atoms with Gasteiger partial charge in [-0.15, -0.1) is 0 Å². The molecule has 1 amide bonds. The van der Waals surface area contributed by atoms with E-state index in [9.17, 15) is 4.79 Å². The van der Waals surface area contributed by atoms with Crippen molar-refractivity contribution in [2.24, 2.45) is 7.05 Å². The van der Waals surface area contributed by atoms with Gasteiger partial charge in [0.05, 0.1) is 28.8 Å². The number of hydrogen-bond donors (Lipinski definition) is 2. The second kappa shape index (κ2) is 6.69. The molecule has 0 spiro atoms. The molecule has 2 aromatic rings. The molecule has 1 aromatic carbocycles. The van der Waals surface area contributed by atoms with Gasteiger partial charge >= 0.3 is 0 Å². The minimum Gasteiger partial charge on any atom is -0.322 e. The monoisotopic (exact) mass is 313 g/mol. The first-order chi connectivity index (χ1) is 9.56. The summed E-state index contributed by atoms with van der Waals surface area (Å²) in [7, 11) is 1.78. The van der Waals surface area contributed by atoms with Crippen LogP contribution in [0.3, 0.4) is 0 Å². The Morgan fingerprint density at radius 3 is 2.65 bits per heavy atom. The molecule has 0 unspecified atom stereocenters. The fourth-order valence-corrected chi connectivity index (χ4v) is 2.05. The van der Waals surface area contributed by atoms with Gasteiger partial charge in [-0.2, -0.15) is 5.10 Å². The Hall–Kier alpha value is -1.63. The summed E-state index contributed by atoms with van der Waals surface area (Å²) in [5, 5.41) is 10.5. The molecular formula is C12H13Cl2N5O. The molecule has 0 bridgehead atoms. The van der Waals surface area contributed by atoms with Crippen LogP contribution in [0.4, 0.5) is 5.69 Å². The van der Waals surface area contributed by atoms with Crippen LogP contribution in [-0.4, -0.2) is 27.2 Å². The van der Waals surface area contributed by atoms with Crippen molar-refractivity contribution in [3.05, 3.63) is 40.4 Å². The summed E-state index contributed by atoms with van der Waals surface area (Å²) in [6.45, 7) is 0.518. The second-order valence-electron chi connectivity index (χ2n) is 4.08. The number of carbonyl (C=O) groups is 1. The number of carbonyl (C=O) groups excluding carboxylic acids is 1. The molecule has 1 heterocycles. The fraction of sp³-hybridized carbons (Fsp3) is 0.250. The predicted octanol–water partition coefficient (Wildman–Crippen LogP) is 1.85. The normalized spacial score (nSPS) is 10.6. The largest absolute Gasteiger partial charge is 0.322 e. The lowest BCUT2D eigenvalue weighted by atomic mass is 10.3. The van der Waals surface area contributed by atoms with Crippen LogP contribution >= 0.6 is 23.2 Å². The molecule has 0 atom stereocenters. The third-order valence-electron chi connectivity index (χ3n) is 2.44. The van der Waals surface area contributed by atoms with Crippen molar-refractivity contribution in [1.82, 2.24) is 20.1 Å². The van der Waals surface area contributed by atoms with Crippen molar-refractivity contribution in [3.8, 4) is 0 Å². The van der Waals surface area contributed by atoms with E-state index in [1.54, 1.807) is 36.3 Å². The van der Waals surface area contributed by atoms with Crippen LogP contribution in [0.5, 0.6) is 0 Å². The van der Waals surface area contributed by atoms with Crippen molar-refractivity contribution in [3.63, 3.8) is 0 Å². The molecule has 0 aliphatic heterocycles. The lowest BCUT2D eigenvalue weighted by Gasteiger charge is -2.09. The van der Waals surface area contributed by atoms with Gasteiger partial charge in [-0.25, -0.2) is 4.98 Å². The zero-order valence-electron chi connectivity index (χ0n) is 10.7. The standard InChI is InChI=1S/C12H13Cl2N5O/c1-19-7-16-10(18-19)5-15-6-11(20)17-12-8(13)3-2-4-9(12)14/h2-4,7,15H,5-6H2,1H3,(H,17,20). The van der Waals surface area contributed by atoms with Crippen LogP contribution in [0.2, 0.25) is 10.0 Å². The third-order valence-corrected chi connectivity index (χ3v) is 3.07. The maximum atomic E-state index is 11.8. The number of hydrogen-bond acceptors (Lipinski definition) is 4. The SMILES string of the molecule is Cn1cnc(CNCC(=O)Nc2c(Cl)cccc2Cl)n1. The van der Waals surface area contributed by atoms with Crippen LogP contribution in [0.25, 0.3) is 0 Å². The van der Waals surface area contributed by atoms with Gasteiger partial charge in [-0.3, -0.25) is 9.48 Å². The maximum absolute atomic E-state index is 11.8. The molecule has 0 saturated heterocycles. The van der Waals surface area contributed by atoms with Crippen LogP contribution in [0.15, 0.2) is 24.5 Å². The average Bonchev–Trinajstić information content (AvgIpc) is 2.80. The van der Waals surface area contributed by atoms with Crippen molar-refractivity contribution >= 4 is 34.8 Å². The highest BCUT2D eigenvalue weighted by Crippen LogP contribution is 2.29. The first-order valence-electron chi connectivity index (χ1n) is 5.85. The second-order valence-corrected chi connectivity index (χ2v) is 4.90. The number of amides is 1. The number of anilines is 1. The first-order valence-corrected chi connectivity index (χ1v) is 6.61. The van der Waals surface area contributed by atoms with Crippen LogP contribution in [0, 0.1) is 0 Å². The molecule has 0 fully saturated rings. The van der Waals surface area contributed by atoms with E-state index in [1.165, 1.54) is 0 Å². The molecule has 8 heteroatoms. The Labute approximate surface area is 126 Å². The molecule has 0 radical (unpaired) electrons. The molecule has 1 aromatic heterocycles. The van der Waals surface area contributed by atoms with E-state index >= 15 is 0 Å². The average molecular weight is 314 g/mol. The van der Waals surface area contributed by atoms with E-state index in [2.05, 4.69) is 20.7 Å². The summed E-state index contributed by atoms with van der Waals surface area (Å²) >= 11 is 11.9. The predicted molar refractivity (Wildman–Crippen MR) is 77.8 cm³/mol. The van der Waals surface area contributed by atoms with Gasteiger partial charge in [0.15, 0.2) is 5.82 Å². The Balaban J connectivity index is 1.84. The zero-order valence-corrected chi connectivity index (χ0v) is 12.2. The number of nitrogens with zero attached hydrogens (tertiary/aromatic N) is 3. The molecule has 20 heavy (non-hydrogen) atoms. The van der Waals surface area contributed by atoms with Gasteiger partial charge in [0, 0.05) is 7.05 Å². The molecular weight excluding hydrogens is 301 g/mol. The number of aromatic nitrogens is 3. The van der Waals surface area contributed by atoms with Crippen molar-refractivity contribution in [2.45, 2.75) is 6.54 Å². The molecule has 2 N–H and O–H groups in total. The Morgan fingerprint density at radius 1 is 1.35 bits per heavy atom. The number of benzene rings is 1. The van der Waals surface area contributed by atoms with E-state index < -0.39 is 0 Å². The molecule has 0 aliphatic carbocycles. The van der Waals surface area contributed by atoms with Crippen LogP contribution in [0.1, 0.15) is 5.82 Å². The number of nitrogens with one attached hydrogen (secondary N) is 2. The maximum Gasteiger partial charge on any atom is 0.238 e. The molecule has 0 saturated carbocycles. The van der Waals surface area contributed by atoms with E-state index in [4.69, 9.17) is 23.2 Å². The lowest BCUT2D eigenvalue weighted by molar-refractivity contribution is -0.115. The van der Waals surface area contributed by atoms with Crippen LogP contribution in [-0.2, 0) is 18.4 Å². The van der Waals surface area contributed by atoms with E-state index in [0.29, 0.717) is 28.1 Å². The topological polar surface area (TPSA) is 71.8 Å². The summed E-state index contributed by atoms with van der Waals surface area (Å²) in [5.41, 5.74) is 0.415. The van der Waals surface area contributed by atoms with Crippen molar-refractivity contribution in [1.29, 1.82) is 0 Å². The van der Waals surface area contributed by atoms with Gasteiger partial charge in [0.2, 0.25) is 5.91 Å². The highest BCUT2D eigenvalue weighted by atomic mass is 35.5. The van der Waals surface area contributed by atoms with Gasteiger partial charge in [0.25, 0.3) is 0 Å². The van der Waals surface area contributed by atoms with Crippen molar-refractivity contribution in [2.75, 3.05) is 11.9 Å². The Bertz CT molecular complexity index is 593.